The summed E-state index contributed by atoms with van der Waals surface area (Å²) >= 11 is 0. The van der Waals surface area contributed by atoms with Crippen molar-refractivity contribution in [1.82, 2.24) is 14.5 Å². The van der Waals surface area contributed by atoms with E-state index in [1.54, 1.807) is 6.92 Å². The van der Waals surface area contributed by atoms with Crippen LogP contribution in [-0.4, -0.2) is 49.7 Å². The Labute approximate surface area is 180 Å². The van der Waals surface area contributed by atoms with Gasteiger partial charge in [-0.25, -0.2) is 14.8 Å². The van der Waals surface area contributed by atoms with Gasteiger partial charge in [-0.3, -0.25) is 0 Å². The van der Waals surface area contributed by atoms with Crippen molar-refractivity contribution in [1.29, 1.82) is 0 Å². The van der Waals surface area contributed by atoms with E-state index in [1.165, 1.54) is 0 Å². The summed E-state index contributed by atoms with van der Waals surface area (Å²) < 4.78 is 12.1. The van der Waals surface area contributed by atoms with E-state index < -0.39 is 11.8 Å². The van der Waals surface area contributed by atoms with Crippen LogP contribution in [0, 0.1) is 19.3 Å². The number of allylic oxidation sites excluding steroid dienone is 3. The molecule has 4 N–H and O–H groups in total. The number of ether oxygens (including phenoxy) is 2. The number of aliphatic hydroxyl groups is 1. The molecule has 3 heterocycles. The van der Waals surface area contributed by atoms with Gasteiger partial charge in [0.2, 0.25) is 0 Å². The Hall–Kier alpha value is -3.35. The highest BCUT2D eigenvalue weighted by Gasteiger charge is 2.39. The number of aliphatic hydroxyl groups excluding tert-OH is 1. The van der Waals surface area contributed by atoms with Crippen LogP contribution in [0.5, 0.6) is 0 Å². The first-order valence-corrected chi connectivity index (χ1v) is 9.95. The molecular formula is C22H26N4O5. The molecule has 0 aromatic carbocycles. The topological polar surface area (TPSA) is 133 Å². The van der Waals surface area contributed by atoms with E-state index in [4.69, 9.17) is 22.0 Å². The predicted octanol–water partition coefficient (Wildman–Crippen LogP) is 2.95. The molecule has 2 aromatic rings. The standard InChI is InChI=1S/C14H16N4O2.C8H10O3/c1-3-14(8-19)6-4-11(20-14)18-7-5-10-12(15)16-9(2)17-13(10)18;9-8(10)11-6-7-4-2-1-3-5-7/h1,5,7,11,19H,4,6,8H2,2H3,(H2,15,16,17);1-2,4H,3,5-6H2,(H,9,10). The van der Waals surface area contributed by atoms with Gasteiger partial charge in [-0.2, -0.15) is 0 Å². The van der Waals surface area contributed by atoms with Crippen LogP contribution in [0.1, 0.15) is 37.7 Å². The molecule has 0 saturated carbocycles. The minimum Gasteiger partial charge on any atom is -0.450 e. The molecule has 1 aliphatic heterocycles. The zero-order valence-electron chi connectivity index (χ0n) is 17.3. The first-order chi connectivity index (χ1) is 14.9. The summed E-state index contributed by atoms with van der Waals surface area (Å²) in [6.45, 7) is 1.82. The van der Waals surface area contributed by atoms with Crippen LogP contribution < -0.4 is 5.73 Å². The van der Waals surface area contributed by atoms with Crippen molar-refractivity contribution in [3.63, 3.8) is 0 Å². The minimum atomic E-state index is -1.21. The average Bonchev–Trinajstić information content (AvgIpc) is 3.38. The number of aryl methyl sites for hydroxylation is 1. The molecule has 0 bridgehead atoms. The summed E-state index contributed by atoms with van der Waals surface area (Å²) in [5.41, 5.74) is 6.77. The van der Waals surface area contributed by atoms with Gasteiger partial charge in [0.1, 0.15) is 30.1 Å². The lowest BCUT2D eigenvalue weighted by atomic mass is 10.0. The minimum absolute atomic E-state index is 0.185. The number of fused-ring (bicyclic) bond motifs is 1. The molecule has 9 nitrogen and oxygen atoms in total. The third kappa shape index (κ3) is 5.23. The molecule has 0 amide bonds. The third-order valence-electron chi connectivity index (χ3n) is 5.18. The molecule has 9 heteroatoms. The Morgan fingerprint density at radius 1 is 1.52 bits per heavy atom. The second-order valence-corrected chi connectivity index (χ2v) is 7.37. The van der Waals surface area contributed by atoms with Crippen molar-refractivity contribution < 1.29 is 24.5 Å². The van der Waals surface area contributed by atoms with E-state index in [1.807, 2.05) is 35.1 Å². The number of carbonyl (C=O) groups is 1. The van der Waals surface area contributed by atoms with E-state index in [0.717, 1.165) is 35.9 Å². The highest BCUT2D eigenvalue weighted by molar-refractivity contribution is 5.86. The van der Waals surface area contributed by atoms with Crippen molar-refractivity contribution in [2.24, 2.45) is 0 Å². The van der Waals surface area contributed by atoms with E-state index >= 15 is 0 Å². The Kier molecular flexibility index (Phi) is 6.95. The molecule has 1 saturated heterocycles. The monoisotopic (exact) mass is 426 g/mol. The lowest BCUT2D eigenvalue weighted by molar-refractivity contribution is -0.0615. The number of hydrogen-bond acceptors (Lipinski definition) is 7. The molecular weight excluding hydrogens is 400 g/mol. The van der Waals surface area contributed by atoms with Crippen LogP contribution in [0.15, 0.2) is 36.1 Å². The maximum absolute atomic E-state index is 9.97. The number of nitrogens with two attached hydrogens (primary N) is 1. The number of hydrogen-bond donors (Lipinski definition) is 3. The van der Waals surface area contributed by atoms with Crippen LogP contribution in [-0.2, 0) is 9.47 Å². The van der Waals surface area contributed by atoms with Gasteiger partial charge in [-0.05, 0) is 44.2 Å². The van der Waals surface area contributed by atoms with Crippen molar-refractivity contribution in [2.45, 2.75) is 44.4 Å². The van der Waals surface area contributed by atoms with Crippen LogP contribution in [0.3, 0.4) is 0 Å². The van der Waals surface area contributed by atoms with Crippen LogP contribution >= 0.6 is 0 Å². The average molecular weight is 426 g/mol. The first kappa shape index (κ1) is 22.3. The lowest BCUT2D eigenvalue weighted by Crippen LogP contribution is -2.31. The van der Waals surface area contributed by atoms with Gasteiger partial charge in [0.25, 0.3) is 0 Å². The predicted molar refractivity (Wildman–Crippen MR) is 115 cm³/mol. The largest absolute Gasteiger partial charge is 0.506 e. The maximum Gasteiger partial charge on any atom is 0.506 e. The molecule has 31 heavy (non-hydrogen) atoms. The lowest BCUT2D eigenvalue weighted by Gasteiger charge is -2.21. The molecule has 0 radical (unpaired) electrons. The van der Waals surface area contributed by atoms with Gasteiger partial charge in [0.05, 0.1) is 12.0 Å². The number of anilines is 1. The molecule has 164 valence electrons. The third-order valence-corrected chi connectivity index (χ3v) is 5.18. The molecule has 0 spiro atoms. The number of terminal acetylenes is 1. The zero-order chi connectivity index (χ0) is 22.4. The highest BCUT2D eigenvalue weighted by Crippen LogP contribution is 2.37. The zero-order valence-corrected chi connectivity index (χ0v) is 17.3. The van der Waals surface area contributed by atoms with E-state index in [9.17, 15) is 9.90 Å². The van der Waals surface area contributed by atoms with E-state index in [2.05, 4.69) is 20.6 Å². The summed E-state index contributed by atoms with van der Waals surface area (Å²) in [5.74, 6) is 3.61. The van der Waals surface area contributed by atoms with Crippen molar-refractivity contribution in [2.75, 3.05) is 18.9 Å². The Morgan fingerprint density at radius 2 is 2.32 bits per heavy atom. The van der Waals surface area contributed by atoms with Crippen molar-refractivity contribution in [3.05, 3.63) is 41.9 Å². The van der Waals surface area contributed by atoms with Crippen molar-refractivity contribution in [3.8, 4) is 12.3 Å². The van der Waals surface area contributed by atoms with Gasteiger partial charge in [0, 0.05) is 6.20 Å². The summed E-state index contributed by atoms with van der Waals surface area (Å²) in [6, 6.07) is 1.86. The maximum atomic E-state index is 9.97. The van der Waals surface area contributed by atoms with Crippen LogP contribution in [0.25, 0.3) is 11.0 Å². The van der Waals surface area contributed by atoms with Gasteiger partial charge in [-0.1, -0.05) is 24.1 Å². The molecule has 2 aliphatic rings. The van der Waals surface area contributed by atoms with E-state index in [-0.39, 0.29) is 19.4 Å². The van der Waals surface area contributed by atoms with Crippen LogP contribution in [0.2, 0.25) is 0 Å². The fourth-order valence-electron chi connectivity index (χ4n) is 3.53. The number of aromatic nitrogens is 3. The number of nitrogen functional groups attached to an aromatic ring is 1. The molecule has 2 aromatic heterocycles. The number of rotatable bonds is 4. The Bertz CT molecular complexity index is 1050. The van der Waals surface area contributed by atoms with Gasteiger partial charge in [0.15, 0.2) is 5.60 Å². The van der Waals surface area contributed by atoms with Gasteiger partial charge < -0.3 is 30.0 Å². The fourth-order valence-corrected chi connectivity index (χ4v) is 3.53. The number of carboxylic acid groups (broad SMARTS) is 1. The summed E-state index contributed by atoms with van der Waals surface area (Å²) in [4.78, 5) is 18.5. The summed E-state index contributed by atoms with van der Waals surface area (Å²) in [7, 11) is 0. The summed E-state index contributed by atoms with van der Waals surface area (Å²) in [5, 5.41) is 18.4. The van der Waals surface area contributed by atoms with Crippen LogP contribution in [0.4, 0.5) is 10.6 Å². The fraction of sp³-hybridized carbons (Fsp3) is 0.409. The first-order valence-electron chi connectivity index (χ1n) is 9.95. The molecule has 4 rings (SSSR count). The number of nitrogens with zero attached hydrogens (tertiary/aromatic N) is 3. The second kappa shape index (κ2) is 9.64. The summed E-state index contributed by atoms with van der Waals surface area (Å²) in [6.07, 6.45) is 15.0. The SMILES string of the molecule is C#CC1(CO)CCC(n2ccc3c(N)nc(C)nc32)O1.O=C(O)OCC1=CC=CCC1. The Balaban J connectivity index is 0.000000210. The van der Waals surface area contributed by atoms with E-state index in [0.29, 0.717) is 18.1 Å². The molecule has 1 fully saturated rings. The van der Waals surface area contributed by atoms with Crippen molar-refractivity contribution >= 4 is 23.0 Å². The molecule has 2 atom stereocenters. The highest BCUT2D eigenvalue weighted by atomic mass is 16.7. The normalized spacial score (nSPS) is 22.4. The second-order valence-electron chi connectivity index (χ2n) is 7.37. The van der Waals surface area contributed by atoms with Gasteiger partial charge in [-0.15, -0.1) is 6.42 Å². The molecule has 1 aliphatic carbocycles. The quantitative estimate of drug-likeness (QED) is 0.502. The van der Waals surface area contributed by atoms with Gasteiger partial charge >= 0.3 is 6.16 Å². The Morgan fingerprint density at radius 3 is 2.94 bits per heavy atom. The smallest absolute Gasteiger partial charge is 0.450 e. The molecule has 2 unspecified atom stereocenters.